The lowest BCUT2D eigenvalue weighted by molar-refractivity contribution is 0.716. The molecule has 0 saturated carbocycles. The van der Waals surface area contributed by atoms with E-state index < -0.39 is 0 Å². The SMILES string of the molecule is CCCCCc1ccc(C(S)CC(S)c2ccc(CCCCC)cc2)cc1. The number of rotatable bonds is 12. The molecule has 0 nitrogen and oxygen atoms in total. The second-order valence-electron chi connectivity index (χ2n) is 7.66. The molecule has 2 atom stereocenters. The summed E-state index contributed by atoms with van der Waals surface area (Å²) in [6.07, 6.45) is 11.1. The Labute approximate surface area is 178 Å². The fraction of sp³-hybridized carbons (Fsp3) is 0.520. The van der Waals surface area contributed by atoms with Gasteiger partial charge in [-0.1, -0.05) is 88.1 Å². The van der Waals surface area contributed by atoms with Gasteiger partial charge in [0.05, 0.1) is 0 Å². The van der Waals surface area contributed by atoms with Gasteiger partial charge in [-0.25, -0.2) is 0 Å². The van der Waals surface area contributed by atoms with Crippen LogP contribution in [0.4, 0.5) is 0 Å². The second kappa shape index (κ2) is 12.6. The highest BCUT2D eigenvalue weighted by Crippen LogP contribution is 2.35. The summed E-state index contributed by atoms with van der Waals surface area (Å²) in [7, 11) is 0. The minimum Gasteiger partial charge on any atom is -0.171 e. The molecule has 148 valence electrons. The van der Waals surface area contributed by atoms with Crippen molar-refractivity contribution in [1.29, 1.82) is 0 Å². The first-order valence-electron chi connectivity index (χ1n) is 10.7. The molecule has 2 aromatic rings. The molecule has 0 aliphatic carbocycles. The molecule has 2 heteroatoms. The molecule has 0 N–H and O–H groups in total. The van der Waals surface area contributed by atoms with E-state index in [9.17, 15) is 0 Å². The first kappa shape index (κ1) is 22.4. The van der Waals surface area contributed by atoms with E-state index in [1.807, 2.05) is 0 Å². The van der Waals surface area contributed by atoms with Crippen molar-refractivity contribution in [3.05, 3.63) is 70.8 Å². The van der Waals surface area contributed by atoms with Crippen LogP contribution in [0.25, 0.3) is 0 Å². The maximum absolute atomic E-state index is 4.86. The van der Waals surface area contributed by atoms with Gasteiger partial charge < -0.3 is 0 Å². The summed E-state index contributed by atoms with van der Waals surface area (Å²) in [6, 6.07) is 18.1. The Morgan fingerprint density at radius 2 is 0.963 bits per heavy atom. The molecule has 0 bridgehead atoms. The number of aryl methyl sites for hydroxylation is 2. The van der Waals surface area contributed by atoms with Crippen LogP contribution in [0.15, 0.2) is 48.5 Å². The van der Waals surface area contributed by atoms with Crippen molar-refractivity contribution in [2.75, 3.05) is 0 Å². The first-order chi connectivity index (χ1) is 13.1. The third-order valence-corrected chi connectivity index (χ3v) is 6.33. The molecule has 2 aromatic carbocycles. The Hall–Kier alpha value is -0.860. The fourth-order valence-corrected chi connectivity index (χ4v) is 4.39. The number of unbranched alkanes of at least 4 members (excludes halogenated alkanes) is 4. The van der Waals surface area contributed by atoms with Crippen LogP contribution in [0.2, 0.25) is 0 Å². The maximum Gasteiger partial charge on any atom is 0.0280 e. The van der Waals surface area contributed by atoms with Gasteiger partial charge in [-0.05, 0) is 54.4 Å². The lowest BCUT2D eigenvalue weighted by Gasteiger charge is -2.17. The molecule has 0 fully saturated rings. The zero-order chi connectivity index (χ0) is 19.5. The van der Waals surface area contributed by atoms with Crippen LogP contribution in [0.3, 0.4) is 0 Å². The van der Waals surface area contributed by atoms with Gasteiger partial charge in [-0.2, -0.15) is 25.3 Å². The molecule has 0 radical (unpaired) electrons. The predicted molar refractivity (Wildman–Crippen MR) is 127 cm³/mol. The van der Waals surface area contributed by atoms with Gasteiger partial charge in [0.15, 0.2) is 0 Å². The van der Waals surface area contributed by atoms with E-state index in [0.29, 0.717) is 0 Å². The first-order valence-corrected chi connectivity index (χ1v) is 11.7. The van der Waals surface area contributed by atoms with Crippen LogP contribution in [0.1, 0.15) is 91.5 Å². The fourth-order valence-electron chi connectivity index (χ4n) is 3.45. The monoisotopic (exact) mass is 400 g/mol. The quantitative estimate of drug-likeness (QED) is 0.260. The highest BCUT2D eigenvalue weighted by Gasteiger charge is 2.14. The zero-order valence-corrected chi connectivity index (χ0v) is 18.8. The Bertz CT molecular complexity index is 573. The van der Waals surface area contributed by atoms with E-state index in [-0.39, 0.29) is 10.5 Å². The van der Waals surface area contributed by atoms with Gasteiger partial charge in [-0.3, -0.25) is 0 Å². The van der Waals surface area contributed by atoms with Gasteiger partial charge in [0.1, 0.15) is 0 Å². The third kappa shape index (κ3) is 7.95. The molecule has 2 rings (SSSR count). The van der Waals surface area contributed by atoms with E-state index >= 15 is 0 Å². The van der Waals surface area contributed by atoms with Crippen LogP contribution in [0.5, 0.6) is 0 Å². The third-order valence-electron chi connectivity index (χ3n) is 5.31. The Morgan fingerprint density at radius 3 is 1.30 bits per heavy atom. The smallest absolute Gasteiger partial charge is 0.0280 e. The lowest BCUT2D eigenvalue weighted by Crippen LogP contribution is -1.99. The molecule has 0 aliphatic heterocycles. The highest BCUT2D eigenvalue weighted by atomic mass is 32.1. The molecule has 27 heavy (non-hydrogen) atoms. The number of thiol groups is 2. The summed E-state index contributed by atoms with van der Waals surface area (Å²) in [4.78, 5) is 0. The summed E-state index contributed by atoms with van der Waals surface area (Å²) < 4.78 is 0. The molecule has 0 heterocycles. The lowest BCUT2D eigenvalue weighted by atomic mass is 9.99. The van der Waals surface area contributed by atoms with E-state index in [2.05, 4.69) is 62.4 Å². The standard InChI is InChI=1S/C25H36S2/c1-3-5-7-9-20-11-15-22(16-12-20)24(26)19-25(27)23-17-13-21(14-18-23)10-8-6-4-2/h11-18,24-27H,3-10,19H2,1-2H3. The predicted octanol–water partition coefficient (Wildman–Crippen LogP) is 8.18. The van der Waals surface area contributed by atoms with Crippen molar-refractivity contribution in [2.24, 2.45) is 0 Å². The van der Waals surface area contributed by atoms with Gasteiger partial charge in [0, 0.05) is 10.5 Å². The molecule has 0 saturated heterocycles. The minimum atomic E-state index is 0.224. The number of benzene rings is 2. The van der Waals surface area contributed by atoms with Crippen LogP contribution in [-0.4, -0.2) is 0 Å². The van der Waals surface area contributed by atoms with E-state index in [1.54, 1.807) is 0 Å². The summed E-state index contributed by atoms with van der Waals surface area (Å²) in [5.74, 6) is 0. The van der Waals surface area contributed by atoms with Crippen LogP contribution in [-0.2, 0) is 12.8 Å². The van der Waals surface area contributed by atoms with Crippen molar-refractivity contribution in [3.63, 3.8) is 0 Å². The Kier molecular flexibility index (Phi) is 10.4. The summed E-state index contributed by atoms with van der Waals surface area (Å²) >= 11 is 9.71. The number of hydrogen-bond acceptors (Lipinski definition) is 2. The molecule has 0 amide bonds. The van der Waals surface area contributed by atoms with Gasteiger partial charge >= 0.3 is 0 Å². The Balaban J connectivity index is 1.86. The van der Waals surface area contributed by atoms with Crippen LogP contribution < -0.4 is 0 Å². The van der Waals surface area contributed by atoms with Crippen molar-refractivity contribution in [2.45, 2.75) is 82.1 Å². The van der Waals surface area contributed by atoms with Gasteiger partial charge in [-0.15, -0.1) is 0 Å². The minimum absolute atomic E-state index is 0.224. The average molecular weight is 401 g/mol. The topological polar surface area (TPSA) is 0 Å². The molecule has 2 unspecified atom stereocenters. The molecule has 0 aromatic heterocycles. The van der Waals surface area contributed by atoms with E-state index in [4.69, 9.17) is 25.3 Å². The second-order valence-corrected chi connectivity index (χ2v) is 8.91. The highest BCUT2D eigenvalue weighted by molar-refractivity contribution is 7.81. The van der Waals surface area contributed by atoms with Crippen molar-refractivity contribution in [1.82, 2.24) is 0 Å². The molecular weight excluding hydrogens is 364 g/mol. The summed E-state index contributed by atoms with van der Waals surface area (Å²) in [6.45, 7) is 4.50. The largest absolute Gasteiger partial charge is 0.171 e. The van der Waals surface area contributed by atoms with Gasteiger partial charge in [0.2, 0.25) is 0 Å². The van der Waals surface area contributed by atoms with Gasteiger partial charge in [0.25, 0.3) is 0 Å². The number of hydrogen-bond donors (Lipinski definition) is 2. The zero-order valence-electron chi connectivity index (χ0n) is 17.0. The van der Waals surface area contributed by atoms with Crippen molar-refractivity contribution >= 4 is 25.3 Å². The van der Waals surface area contributed by atoms with Crippen LogP contribution in [0, 0.1) is 0 Å². The summed E-state index contributed by atoms with van der Waals surface area (Å²) in [5, 5.41) is 0.447. The van der Waals surface area contributed by atoms with Crippen LogP contribution >= 0.6 is 25.3 Å². The van der Waals surface area contributed by atoms with Crippen molar-refractivity contribution < 1.29 is 0 Å². The maximum atomic E-state index is 4.86. The molecule has 0 aliphatic rings. The van der Waals surface area contributed by atoms with E-state index in [0.717, 1.165) is 6.42 Å². The molecular formula is C25H36S2. The Morgan fingerprint density at radius 1 is 0.593 bits per heavy atom. The normalized spacial score (nSPS) is 13.5. The van der Waals surface area contributed by atoms with E-state index in [1.165, 1.54) is 73.6 Å². The average Bonchev–Trinajstić information content (AvgIpc) is 2.69. The summed E-state index contributed by atoms with van der Waals surface area (Å²) in [5.41, 5.74) is 5.48. The molecule has 0 spiro atoms. The van der Waals surface area contributed by atoms with Crippen molar-refractivity contribution in [3.8, 4) is 0 Å².